The van der Waals surface area contributed by atoms with E-state index in [9.17, 15) is 22.8 Å². The van der Waals surface area contributed by atoms with Crippen molar-refractivity contribution in [2.75, 3.05) is 25.2 Å². The van der Waals surface area contributed by atoms with Gasteiger partial charge in [0, 0.05) is 37.0 Å². The number of ether oxygens (including phenoxy) is 2. The zero-order valence-corrected chi connectivity index (χ0v) is 16.1. The number of rotatable bonds is 7. The van der Waals surface area contributed by atoms with Crippen molar-refractivity contribution >= 4 is 17.5 Å². The molecule has 1 atom stereocenters. The van der Waals surface area contributed by atoms with Gasteiger partial charge in [0.1, 0.15) is 5.75 Å². The van der Waals surface area contributed by atoms with E-state index in [4.69, 9.17) is 9.47 Å². The summed E-state index contributed by atoms with van der Waals surface area (Å²) in [6, 6.07) is 9.96. The molecule has 0 bridgehead atoms. The second-order valence-corrected chi connectivity index (χ2v) is 6.69. The Bertz CT molecular complexity index is 903. The molecular formula is C20H20F3N3O4. The van der Waals surface area contributed by atoms with Gasteiger partial charge in [-0.05, 0) is 30.3 Å². The molecule has 30 heavy (non-hydrogen) atoms. The molecule has 2 heterocycles. The van der Waals surface area contributed by atoms with Crippen LogP contribution in [0.1, 0.15) is 12.0 Å². The predicted octanol–water partition coefficient (Wildman–Crippen LogP) is 2.70. The minimum atomic E-state index is -4.49. The fourth-order valence-electron chi connectivity index (χ4n) is 3.06. The predicted molar refractivity (Wildman–Crippen MR) is 101 cm³/mol. The highest BCUT2D eigenvalue weighted by atomic mass is 19.4. The zero-order chi connectivity index (χ0) is 21.7. The van der Waals surface area contributed by atoms with Gasteiger partial charge in [-0.25, -0.2) is 4.98 Å². The second kappa shape index (κ2) is 9.02. The summed E-state index contributed by atoms with van der Waals surface area (Å²) in [5, 5.41) is 2.65. The number of anilines is 1. The van der Waals surface area contributed by atoms with E-state index in [-0.39, 0.29) is 37.2 Å². The fraction of sp³-hybridized carbons (Fsp3) is 0.350. The quantitative estimate of drug-likeness (QED) is 0.741. The van der Waals surface area contributed by atoms with E-state index in [0.29, 0.717) is 17.0 Å². The molecule has 1 saturated heterocycles. The van der Waals surface area contributed by atoms with Crippen molar-refractivity contribution in [3.63, 3.8) is 0 Å². The molecule has 0 aliphatic carbocycles. The van der Waals surface area contributed by atoms with Crippen molar-refractivity contribution in [1.82, 2.24) is 10.3 Å². The summed E-state index contributed by atoms with van der Waals surface area (Å²) < 4.78 is 46.9. The third-order valence-electron chi connectivity index (χ3n) is 4.56. The lowest BCUT2D eigenvalue weighted by Crippen LogP contribution is -2.32. The first kappa shape index (κ1) is 21.4. The SMILES string of the molecule is COc1ccc(N2CC(C(=O)NCc3cccnc3OCC(F)(F)F)CC2=O)cc1. The first-order chi connectivity index (χ1) is 14.3. The van der Waals surface area contributed by atoms with Crippen molar-refractivity contribution in [2.45, 2.75) is 19.1 Å². The van der Waals surface area contributed by atoms with Crippen molar-refractivity contribution in [3.8, 4) is 11.6 Å². The normalized spacial score (nSPS) is 16.5. The van der Waals surface area contributed by atoms with E-state index in [0.717, 1.165) is 0 Å². The molecule has 2 amide bonds. The van der Waals surface area contributed by atoms with E-state index < -0.39 is 18.7 Å². The Balaban J connectivity index is 1.59. The topological polar surface area (TPSA) is 80.8 Å². The van der Waals surface area contributed by atoms with Crippen LogP contribution in [0.3, 0.4) is 0 Å². The van der Waals surface area contributed by atoms with Crippen LogP contribution in [0, 0.1) is 5.92 Å². The van der Waals surface area contributed by atoms with Crippen molar-refractivity contribution in [2.24, 2.45) is 5.92 Å². The summed E-state index contributed by atoms with van der Waals surface area (Å²) in [5.41, 5.74) is 0.970. The Morgan fingerprint density at radius 1 is 1.27 bits per heavy atom. The Morgan fingerprint density at radius 3 is 2.67 bits per heavy atom. The summed E-state index contributed by atoms with van der Waals surface area (Å²) in [7, 11) is 1.54. The molecule has 1 aliphatic heterocycles. The van der Waals surface area contributed by atoms with Gasteiger partial charge in [-0.15, -0.1) is 0 Å². The van der Waals surface area contributed by atoms with E-state index in [1.807, 2.05) is 0 Å². The van der Waals surface area contributed by atoms with E-state index in [1.54, 1.807) is 24.3 Å². The van der Waals surface area contributed by atoms with E-state index in [1.165, 1.54) is 30.3 Å². The molecular weight excluding hydrogens is 403 g/mol. The third-order valence-corrected chi connectivity index (χ3v) is 4.56. The number of halogens is 3. The fourth-order valence-corrected chi connectivity index (χ4v) is 3.06. The number of benzene rings is 1. The molecule has 1 N–H and O–H groups in total. The van der Waals surface area contributed by atoms with Gasteiger partial charge in [0.15, 0.2) is 6.61 Å². The monoisotopic (exact) mass is 423 g/mol. The van der Waals surface area contributed by atoms with Crippen LogP contribution in [0.25, 0.3) is 0 Å². The number of alkyl halides is 3. The number of hydrogen-bond acceptors (Lipinski definition) is 5. The third kappa shape index (κ3) is 5.40. The summed E-state index contributed by atoms with van der Waals surface area (Å²) >= 11 is 0. The number of nitrogens with one attached hydrogen (secondary N) is 1. The van der Waals surface area contributed by atoms with Crippen LogP contribution in [0.15, 0.2) is 42.6 Å². The van der Waals surface area contributed by atoms with Crippen LogP contribution in [0.4, 0.5) is 18.9 Å². The minimum absolute atomic E-state index is 0.0440. The van der Waals surface area contributed by atoms with Crippen molar-refractivity contribution in [1.29, 1.82) is 0 Å². The van der Waals surface area contributed by atoms with Gasteiger partial charge >= 0.3 is 6.18 Å². The van der Waals surface area contributed by atoms with Crippen LogP contribution in [-0.2, 0) is 16.1 Å². The highest BCUT2D eigenvalue weighted by Crippen LogP contribution is 2.27. The molecule has 7 nitrogen and oxygen atoms in total. The smallest absolute Gasteiger partial charge is 0.422 e. The molecule has 0 spiro atoms. The molecule has 1 unspecified atom stereocenters. The number of aromatic nitrogens is 1. The Hall–Kier alpha value is -3.30. The van der Waals surface area contributed by atoms with Crippen LogP contribution in [-0.4, -0.2) is 43.2 Å². The number of hydrogen-bond donors (Lipinski definition) is 1. The summed E-state index contributed by atoms with van der Waals surface area (Å²) in [5.74, 6) is -0.672. The molecule has 1 aliphatic rings. The Morgan fingerprint density at radius 2 is 2.00 bits per heavy atom. The molecule has 0 radical (unpaired) electrons. The molecule has 3 rings (SSSR count). The lowest BCUT2D eigenvalue weighted by Gasteiger charge is -2.17. The number of nitrogens with zero attached hydrogens (tertiary/aromatic N) is 2. The molecule has 2 aromatic rings. The highest BCUT2D eigenvalue weighted by molar-refractivity contribution is 6.00. The molecule has 1 aromatic heterocycles. The summed E-state index contributed by atoms with van der Waals surface area (Å²) in [6.07, 6.45) is -3.14. The number of pyridine rings is 1. The lowest BCUT2D eigenvalue weighted by molar-refractivity contribution is -0.154. The highest BCUT2D eigenvalue weighted by Gasteiger charge is 2.35. The van der Waals surface area contributed by atoms with Crippen LogP contribution in [0.2, 0.25) is 0 Å². The molecule has 160 valence electrons. The maximum absolute atomic E-state index is 12.5. The second-order valence-electron chi connectivity index (χ2n) is 6.69. The Labute approximate surface area is 170 Å². The summed E-state index contributed by atoms with van der Waals surface area (Å²) in [4.78, 5) is 30.2. The standard InChI is InChI=1S/C20H20F3N3O4/c1-29-16-6-4-15(5-7-16)26-11-14(9-17(26)27)18(28)25-10-13-3-2-8-24-19(13)30-12-20(21,22)23/h2-8,14H,9-12H2,1H3,(H,25,28). The number of amides is 2. The van der Waals surface area contributed by atoms with Gasteiger partial charge in [-0.1, -0.05) is 6.07 Å². The minimum Gasteiger partial charge on any atom is -0.497 e. The van der Waals surface area contributed by atoms with Gasteiger partial charge in [0.2, 0.25) is 17.7 Å². The molecule has 1 fully saturated rings. The van der Waals surface area contributed by atoms with Gasteiger partial charge in [-0.3, -0.25) is 9.59 Å². The average molecular weight is 423 g/mol. The van der Waals surface area contributed by atoms with Gasteiger partial charge in [-0.2, -0.15) is 13.2 Å². The lowest BCUT2D eigenvalue weighted by atomic mass is 10.1. The molecule has 1 aromatic carbocycles. The Kier molecular flexibility index (Phi) is 6.43. The maximum atomic E-state index is 12.5. The largest absolute Gasteiger partial charge is 0.497 e. The number of carbonyl (C=O) groups excluding carboxylic acids is 2. The average Bonchev–Trinajstić information content (AvgIpc) is 3.12. The van der Waals surface area contributed by atoms with Gasteiger partial charge < -0.3 is 19.7 Å². The van der Waals surface area contributed by atoms with Crippen molar-refractivity contribution in [3.05, 3.63) is 48.2 Å². The summed E-state index contributed by atoms with van der Waals surface area (Å²) in [6.45, 7) is -1.33. The van der Waals surface area contributed by atoms with Crippen LogP contribution < -0.4 is 19.7 Å². The van der Waals surface area contributed by atoms with E-state index in [2.05, 4.69) is 10.3 Å². The maximum Gasteiger partial charge on any atom is 0.422 e. The molecule has 10 heteroatoms. The molecule has 0 saturated carbocycles. The van der Waals surface area contributed by atoms with Gasteiger partial charge in [0.05, 0.1) is 13.0 Å². The zero-order valence-electron chi connectivity index (χ0n) is 16.1. The first-order valence-corrected chi connectivity index (χ1v) is 9.12. The van der Waals surface area contributed by atoms with E-state index >= 15 is 0 Å². The van der Waals surface area contributed by atoms with Crippen LogP contribution >= 0.6 is 0 Å². The van der Waals surface area contributed by atoms with Gasteiger partial charge in [0.25, 0.3) is 0 Å². The van der Waals surface area contributed by atoms with Crippen LogP contribution in [0.5, 0.6) is 11.6 Å². The first-order valence-electron chi connectivity index (χ1n) is 9.12. The number of carbonyl (C=O) groups is 2. The van der Waals surface area contributed by atoms with Crippen molar-refractivity contribution < 1.29 is 32.2 Å². The number of methoxy groups -OCH3 is 1.